The van der Waals surface area contributed by atoms with Crippen LogP contribution < -0.4 is 5.73 Å². The summed E-state index contributed by atoms with van der Waals surface area (Å²) in [6, 6.07) is 0. The first-order valence-electron chi connectivity index (χ1n) is 3.04. The molecule has 8 heavy (non-hydrogen) atoms. The first kappa shape index (κ1) is 8.31. The first-order valence-corrected chi connectivity index (χ1v) is 4.43. The second-order valence-corrected chi connectivity index (χ2v) is 2.88. The third kappa shape index (κ3) is 3.33. The van der Waals surface area contributed by atoms with Gasteiger partial charge < -0.3 is 5.73 Å². The molecule has 1 atom stereocenters. The number of nitrogens with two attached hydrogens (primary N) is 1. The van der Waals surface area contributed by atoms with Gasteiger partial charge >= 0.3 is 0 Å². The van der Waals surface area contributed by atoms with Crippen molar-refractivity contribution in [2.75, 3.05) is 18.6 Å². The molecule has 2 heteroatoms. The minimum absolute atomic E-state index is 0.741. The summed E-state index contributed by atoms with van der Waals surface area (Å²) in [6.45, 7) is 3.03. The van der Waals surface area contributed by atoms with Gasteiger partial charge in [-0.05, 0) is 24.5 Å². The van der Waals surface area contributed by atoms with Gasteiger partial charge in [-0.25, -0.2) is 0 Å². The summed E-state index contributed by atoms with van der Waals surface area (Å²) in [7, 11) is 0. The lowest BCUT2D eigenvalue weighted by atomic mass is 10.1. The molecule has 0 rings (SSSR count). The molecule has 0 aliphatic heterocycles. The Bertz CT molecular complexity index is 43.8. The van der Waals surface area contributed by atoms with E-state index < -0.39 is 0 Å². The Balaban J connectivity index is 3.07. The van der Waals surface area contributed by atoms with Crippen LogP contribution in [-0.2, 0) is 0 Å². The summed E-state index contributed by atoms with van der Waals surface area (Å²) in [6.07, 6.45) is 3.34. The molecule has 0 heterocycles. The van der Waals surface area contributed by atoms with Gasteiger partial charge in [0.1, 0.15) is 0 Å². The number of thioether (sulfide) groups is 1. The van der Waals surface area contributed by atoms with Gasteiger partial charge in [0.05, 0.1) is 0 Å². The molecule has 0 fully saturated rings. The lowest BCUT2D eigenvalue weighted by Crippen LogP contribution is -2.15. The quantitative estimate of drug-likeness (QED) is 0.626. The SMILES string of the molecule is CC[C@H](CN)CSC. The van der Waals surface area contributed by atoms with Gasteiger partial charge in [0.2, 0.25) is 0 Å². The fourth-order valence-corrected chi connectivity index (χ4v) is 1.43. The monoisotopic (exact) mass is 133 g/mol. The number of hydrogen-bond donors (Lipinski definition) is 1. The summed E-state index contributed by atoms with van der Waals surface area (Å²) in [5.74, 6) is 1.96. The second kappa shape index (κ2) is 5.45. The van der Waals surface area contributed by atoms with Crippen LogP contribution in [0.15, 0.2) is 0 Å². The third-order valence-corrected chi connectivity index (χ3v) is 2.12. The maximum absolute atomic E-state index is 5.46. The van der Waals surface area contributed by atoms with Crippen LogP contribution in [0.3, 0.4) is 0 Å². The zero-order valence-corrected chi connectivity index (χ0v) is 6.50. The summed E-state index contributed by atoms with van der Waals surface area (Å²) < 4.78 is 0. The first-order chi connectivity index (χ1) is 3.85. The minimum atomic E-state index is 0.741. The highest BCUT2D eigenvalue weighted by Crippen LogP contribution is 2.06. The van der Waals surface area contributed by atoms with Gasteiger partial charge in [-0.2, -0.15) is 11.8 Å². The molecule has 0 aromatic carbocycles. The van der Waals surface area contributed by atoms with Gasteiger partial charge in [-0.15, -0.1) is 0 Å². The molecule has 0 aromatic heterocycles. The Morgan fingerprint density at radius 3 is 2.38 bits per heavy atom. The van der Waals surface area contributed by atoms with Crippen molar-refractivity contribution in [3.63, 3.8) is 0 Å². The number of rotatable bonds is 4. The van der Waals surface area contributed by atoms with Crippen LogP contribution in [0.5, 0.6) is 0 Å². The van der Waals surface area contributed by atoms with Crippen LogP contribution in [0.1, 0.15) is 13.3 Å². The summed E-state index contributed by atoms with van der Waals surface area (Å²) in [5, 5.41) is 0. The summed E-state index contributed by atoms with van der Waals surface area (Å²) in [5.41, 5.74) is 5.46. The Labute approximate surface area is 56.0 Å². The van der Waals surface area contributed by atoms with Gasteiger partial charge in [-0.3, -0.25) is 0 Å². The van der Waals surface area contributed by atoms with Gasteiger partial charge in [0.25, 0.3) is 0 Å². The van der Waals surface area contributed by atoms with E-state index in [0.29, 0.717) is 0 Å². The lowest BCUT2D eigenvalue weighted by molar-refractivity contribution is 0.586. The lowest BCUT2D eigenvalue weighted by Gasteiger charge is -2.07. The molecule has 50 valence electrons. The van der Waals surface area contributed by atoms with Crippen LogP contribution in [0.2, 0.25) is 0 Å². The molecule has 0 radical (unpaired) electrons. The van der Waals surface area contributed by atoms with Crippen molar-refractivity contribution < 1.29 is 0 Å². The zero-order valence-electron chi connectivity index (χ0n) is 5.68. The Morgan fingerprint density at radius 2 is 2.25 bits per heavy atom. The molecular formula is C6H15NS. The molecule has 0 bridgehead atoms. The van der Waals surface area contributed by atoms with Gasteiger partial charge in [0, 0.05) is 0 Å². The van der Waals surface area contributed by atoms with Crippen molar-refractivity contribution in [2.45, 2.75) is 13.3 Å². The Kier molecular flexibility index (Phi) is 5.66. The van der Waals surface area contributed by atoms with Gasteiger partial charge in [-0.1, -0.05) is 13.3 Å². The van der Waals surface area contributed by atoms with Crippen LogP contribution in [0.4, 0.5) is 0 Å². The van der Waals surface area contributed by atoms with E-state index in [4.69, 9.17) is 5.73 Å². The molecule has 0 spiro atoms. The predicted molar refractivity (Wildman–Crippen MR) is 41.2 cm³/mol. The fraction of sp³-hybridized carbons (Fsp3) is 1.00. The largest absolute Gasteiger partial charge is 0.330 e. The molecule has 0 aromatic rings. The van der Waals surface area contributed by atoms with Crippen LogP contribution in [0, 0.1) is 5.92 Å². The topological polar surface area (TPSA) is 26.0 Å². The molecule has 0 amide bonds. The smallest absolute Gasteiger partial charge is 0.00300 e. The van der Waals surface area contributed by atoms with E-state index in [9.17, 15) is 0 Å². The molecule has 0 unspecified atom stereocenters. The molecule has 0 saturated carbocycles. The predicted octanol–water partition coefficient (Wildman–Crippen LogP) is 1.33. The van der Waals surface area contributed by atoms with E-state index in [1.165, 1.54) is 12.2 Å². The molecular weight excluding hydrogens is 118 g/mol. The van der Waals surface area contributed by atoms with E-state index in [2.05, 4.69) is 13.2 Å². The van der Waals surface area contributed by atoms with Crippen molar-refractivity contribution in [3.8, 4) is 0 Å². The summed E-state index contributed by atoms with van der Waals surface area (Å²) in [4.78, 5) is 0. The standard InChI is InChI=1S/C6H15NS/c1-3-6(4-7)5-8-2/h6H,3-5,7H2,1-2H3/t6-/m1/s1. The van der Waals surface area contributed by atoms with Crippen molar-refractivity contribution in [2.24, 2.45) is 11.7 Å². The normalized spacial score (nSPS) is 13.9. The van der Waals surface area contributed by atoms with Crippen molar-refractivity contribution in [1.82, 2.24) is 0 Å². The van der Waals surface area contributed by atoms with Crippen LogP contribution >= 0.6 is 11.8 Å². The Hall–Kier alpha value is 0.310. The highest BCUT2D eigenvalue weighted by molar-refractivity contribution is 7.98. The van der Waals surface area contributed by atoms with E-state index in [0.717, 1.165) is 12.5 Å². The fourth-order valence-electron chi connectivity index (χ4n) is 0.588. The van der Waals surface area contributed by atoms with Gasteiger partial charge in [0.15, 0.2) is 0 Å². The average Bonchev–Trinajstić information content (AvgIpc) is 1.83. The summed E-state index contributed by atoms with van der Waals surface area (Å²) >= 11 is 1.88. The molecule has 0 aliphatic carbocycles. The maximum Gasteiger partial charge on any atom is -0.00300 e. The highest BCUT2D eigenvalue weighted by atomic mass is 32.2. The van der Waals surface area contributed by atoms with E-state index >= 15 is 0 Å². The third-order valence-electron chi connectivity index (χ3n) is 1.31. The van der Waals surface area contributed by atoms with Crippen LogP contribution in [0.25, 0.3) is 0 Å². The minimum Gasteiger partial charge on any atom is -0.330 e. The number of hydrogen-bond acceptors (Lipinski definition) is 2. The van der Waals surface area contributed by atoms with Crippen molar-refractivity contribution in [1.29, 1.82) is 0 Å². The highest BCUT2D eigenvalue weighted by Gasteiger charge is 1.99. The van der Waals surface area contributed by atoms with E-state index in [1.54, 1.807) is 0 Å². The zero-order chi connectivity index (χ0) is 6.41. The average molecular weight is 133 g/mol. The Morgan fingerprint density at radius 1 is 1.62 bits per heavy atom. The second-order valence-electron chi connectivity index (χ2n) is 1.97. The van der Waals surface area contributed by atoms with E-state index in [-0.39, 0.29) is 0 Å². The van der Waals surface area contributed by atoms with Crippen LogP contribution in [-0.4, -0.2) is 18.6 Å². The molecule has 2 N–H and O–H groups in total. The molecule has 1 nitrogen and oxygen atoms in total. The van der Waals surface area contributed by atoms with E-state index in [1.807, 2.05) is 11.8 Å². The molecule has 0 saturated heterocycles. The van der Waals surface area contributed by atoms with Crippen molar-refractivity contribution >= 4 is 11.8 Å². The maximum atomic E-state index is 5.46. The molecule has 0 aliphatic rings. The van der Waals surface area contributed by atoms with Crippen molar-refractivity contribution in [3.05, 3.63) is 0 Å².